The van der Waals surface area contributed by atoms with E-state index in [4.69, 9.17) is 4.74 Å². The van der Waals surface area contributed by atoms with Crippen molar-refractivity contribution in [1.29, 1.82) is 0 Å². The number of H-pyrrole nitrogens is 1. The Labute approximate surface area is 102 Å². The Balaban J connectivity index is 2.66. The van der Waals surface area contributed by atoms with Gasteiger partial charge in [-0.2, -0.15) is 13.2 Å². The van der Waals surface area contributed by atoms with Gasteiger partial charge >= 0.3 is 6.18 Å². The van der Waals surface area contributed by atoms with Gasteiger partial charge in [-0.15, -0.1) is 0 Å². The average Bonchev–Trinajstić information content (AvgIpc) is 2.67. The maximum atomic E-state index is 12.9. The third-order valence-electron chi connectivity index (χ3n) is 2.75. The summed E-state index contributed by atoms with van der Waals surface area (Å²) in [5, 5.41) is 3.31. The molecule has 0 atom stereocenters. The molecule has 2 aromatic rings. The summed E-state index contributed by atoms with van der Waals surface area (Å²) in [7, 11) is 3.09. The molecule has 18 heavy (non-hydrogen) atoms. The minimum absolute atomic E-state index is 0.154. The van der Waals surface area contributed by atoms with Crippen molar-refractivity contribution in [3.05, 3.63) is 29.5 Å². The van der Waals surface area contributed by atoms with Crippen LogP contribution in [-0.4, -0.2) is 19.1 Å². The van der Waals surface area contributed by atoms with E-state index in [9.17, 15) is 13.2 Å². The topological polar surface area (TPSA) is 37.0 Å². The van der Waals surface area contributed by atoms with Crippen molar-refractivity contribution in [2.75, 3.05) is 14.2 Å². The fraction of sp³-hybridized carbons (Fsp3) is 0.333. The lowest BCUT2D eigenvalue weighted by Crippen LogP contribution is -2.13. The number of benzene rings is 1. The van der Waals surface area contributed by atoms with Crippen molar-refractivity contribution in [3.8, 4) is 5.75 Å². The van der Waals surface area contributed by atoms with Gasteiger partial charge in [-0.25, -0.2) is 0 Å². The van der Waals surface area contributed by atoms with Crippen LogP contribution in [-0.2, 0) is 12.7 Å². The second-order valence-corrected chi connectivity index (χ2v) is 3.92. The lowest BCUT2D eigenvalue weighted by molar-refractivity contribution is -0.141. The van der Waals surface area contributed by atoms with Crippen molar-refractivity contribution in [1.82, 2.24) is 10.3 Å². The zero-order chi connectivity index (χ0) is 13.3. The molecule has 0 saturated heterocycles. The van der Waals surface area contributed by atoms with Crippen LogP contribution in [0.15, 0.2) is 18.2 Å². The smallest absolute Gasteiger partial charge is 0.431 e. The molecule has 1 heterocycles. The summed E-state index contributed by atoms with van der Waals surface area (Å²) in [4.78, 5) is 2.42. The number of aromatic nitrogens is 1. The highest BCUT2D eigenvalue weighted by Gasteiger charge is 2.36. The third-order valence-corrected chi connectivity index (χ3v) is 2.75. The third kappa shape index (κ3) is 2.15. The molecule has 0 saturated carbocycles. The molecule has 3 nitrogen and oxygen atoms in total. The standard InChI is InChI=1S/C12H13F3N2O/c1-16-6-9-8-4-3-7(18-2)5-10(8)17-11(9)12(13,14)15/h3-5,16-17H,6H2,1-2H3. The molecule has 0 spiro atoms. The number of aromatic amines is 1. The molecule has 6 heteroatoms. The number of ether oxygens (including phenoxy) is 1. The summed E-state index contributed by atoms with van der Waals surface area (Å²) < 4.78 is 43.7. The summed E-state index contributed by atoms with van der Waals surface area (Å²) in [5.41, 5.74) is -0.0605. The van der Waals surface area contributed by atoms with Crippen LogP contribution in [0.25, 0.3) is 10.9 Å². The zero-order valence-electron chi connectivity index (χ0n) is 9.98. The molecule has 0 bridgehead atoms. The monoisotopic (exact) mass is 258 g/mol. The molecule has 1 aromatic heterocycles. The van der Waals surface area contributed by atoms with E-state index in [1.54, 1.807) is 25.2 Å². The van der Waals surface area contributed by atoms with Crippen LogP contribution < -0.4 is 10.1 Å². The van der Waals surface area contributed by atoms with Crippen LogP contribution in [0.1, 0.15) is 11.3 Å². The van der Waals surface area contributed by atoms with Gasteiger partial charge in [0.15, 0.2) is 0 Å². The van der Waals surface area contributed by atoms with Gasteiger partial charge < -0.3 is 15.0 Å². The molecular weight excluding hydrogens is 245 g/mol. The Morgan fingerprint density at radius 1 is 1.33 bits per heavy atom. The first-order valence-corrected chi connectivity index (χ1v) is 5.37. The maximum Gasteiger partial charge on any atom is 0.431 e. The number of hydrogen-bond acceptors (Lipinski definition) is 2. The average molecular weight is 258 g/mol. The van der Waals surface area contributed by atoms with Crippen molar-refractivity contribution in [2.45, 2.75) is 12.7 Å². The number of methoxy groups -OCH3 is 1. The molecule has 0 aliphatic carbocycles. The van der Waals surface area contributed by atoms with Gasteiger partial charge in [-0.3, -0.25) is 0 Å². The van der Waals surface area contributed by atoms with E-state index in [1.807, 2.05) is 0 Å². The van der Waals surface area contributed by atoms with Crippen LogP contribution in [0.2, 0.25) is 0 Å². The Bertz CT molecular complexity index is 560. The number of nitrogens with one attached hydrogen (secondary N) is 2. The summed E-state index contributed by atoms with van der Waals surface area (Å²) in [5.74, 6) is 0.522. The number of halogens is 3. The van der Waals surface area contributed by atoms with Crippen molar-refractivity contribution in [2.24, 2.45) is 0 Å². The molecule has 0 aliphatic heterocycles. The van der Waals surface area contributed by atoms with Crippen LogP contribution in [0.4, 0.5) is 13.2 Å². The van der Waals surface area contributed by atoms with Crippen molar-refractivity contribution in [3.63, 3.8) is 0 Å². The Hall–Kier alpha value is -1.69. The van der Waals surface area contributed by atoms with Gasteiger partial charge in [-0.05, 0) is 19.2 Å². The van der Waals surface area contributed by atoms with Crippen LogP contribution in [0.5, 0.6) is 5.75 Å². The van der Waals surface area contributed by atoms with Crippen molar-refractivity contribution >= 4 is 10.9 Å². The predicted octanol–water partition coefficient (Wildman–Crippen LogP) is 2.91. The van der Waals surface area contributed by atoms with E-state index in [2.05, 4.69) is 10.3 Å². The highest BCUT2D eigenvalue weighted by atomic mass is 19.4. The predicted molar refractivity (Wildman–Crippen MR) is 62.6 cm³/mol. The molecule has 1 aromatic carbocycles. The van der Waals surface area contributed by atoms with E-state index < -0.39 is 11.9 Å². The van der Waals surface area contributed by atoms with E-state index >= 15 is 0 Å². The molecule has 0 amide bonds. The molecule has 0 fully saturated rings. The van der Waals surface area contributed by atoms with Gasteiger partial charge in [0.05, 0.1) is 7.11 Å². The summed E-state index contributed by atoms with van der Waals surface area (Å²) in [6.45, 7) is 0.154. The van der Waals surface area contributed by atoms with Gasteiger partial charge in [0.2, 0.25) is 0 Å². The Morgan fingerprint density at radius 2 is 2.06 bits per heavy atom. The maximum absolute atomic E-state index is 12.9. The van der Waals surface area contributed by atoms with Crippen molar-refractivity contribution < 1.29 is 17.9 Å². The minimum atomic E-state index is -4.39. The largest absolute Gasteiger partial charge is 0.497 e. The van der Waals surface area contributed by atoms with E-state index in [-0.39, 0.29) is 12.1 Å². The highest BCUT2D eigenvalue weighted by Crippen LogP contribution is 2.36. The first-order chi connectivity index (χ1) is 8.47. The molecular formula is C12H13F3N2O. The van der Waals surface area contributed by atoms with Crippen LogP contribution in [0.3, 0.4) is 0 Å². The first kappa shape index (κ1) is 12.8. The second kappa shape index (κ2) is 4.53. The molecule has 0 aliphatic rings. The Morgan fingerprint density at radius 3 is 2.61 bits per heavy atom. The number of fused-ring (bicyclic) bond motifs is 1. The quantitative estimate of drug-likeness (QED) is 0.888. The zero-order valence-corrected chi connectivity index (χ0v) is 9.98. The minimum Gasteiger partial charge on any atom is -0.497 e. The molecule has 2 N–H and O–H groups in total. The lowest BCUT2D eigenvalue weighted by Gasteiger charge is -2.07. The van der Waals surface area contributed by atoms with Gasteiger partial charge in [0.25, 0.3) is 0 Å². The van der Waals surface area contributed by atoms with Crippen LogP contribution in [0, 0.1) is 0 Å². The van der Waals surface area contributed by atoms with Gasteiger partial charge in [-0.1, -0.05) is 0 Å². The fourth-order valence-electron chi connectivity index (χ4n) is 1.96. The lowest BCUT2D eigenvalue weighted by atomic mass is 10.1. The van der Waals surface area contributed by atoms with Crippen LogP contribution >= 0.6 is 0 Å². The Kier molecular flexibility index (Phi) is 3.21. The van der Waals surface area contributed by atoms with Gasteiger partial charge in [0, 0.05) is 29.1 Å². The molecule has 2 rings (SSSR count). The van der Waals surface area contributed by atoms with E-state index in [0.29, 0.717) is 16.7 Å². The second-order valence-electron chi connectivity index (χ2n) is 3.92. The fourth-order valence-corrected chi connectivity index (χ4v) is 1.96. The highest BCUT2D eigenvalue weighted by molar-refractivity contribution is 5.86. The summed E-state index contributed by atoms with van der Waals surface area (Å²) in [6.07, 6.45) is -4.39. The SMILES string of the molecule is CNCc1c(C(F)(F)F)[nH]c2cc(OC)ccc12. The molecule has 0 unspecified atom stereocenters. The number of hydrogen-bond donors (Lipinski definition) is 2. The first-order valence-electron chi connectivity index (χ1n) is 5.37. The number of alkyl halides is 3. The van der Waals surface area contributed by atoms with Gasteiger partial charge in [0.1, 0.15) is 11.4 Å². The van der Waals surface area contributed by atoms with E-state index in [1.165, 1.54) is 7.11 Å². The summed E-state index contributed by atoms with van der Waals surface area (Å²) >= 11 is 0. The molecule has 0 radical (unpaired) electrons. The van der Waals surface area contributed by atoms with E-state index in [0.717, 1.165) is 0 Å². The number of rotatable bonds is 3. The summed E-state index contributed by atoms with van der Waals surface area (Å²) in [6, 6.07) is 4.84. The normalized spacial score (nSPS) is 12.1. The molecule has 98 valence electrons.